The van der Waals surface area contributed by atoms with E-state index in [0.717, 1.165) is 0 Å². The topological polar surface area (TPSA) is 106 Å². The van der Waals surface area contributed by atoms with Crippen LogP contribution >= 0.6 is 0 Å². The fourth-order valence-electron chi connectivity index (χ4n) is 3.26. The Labute approximate surface area is 201 Å². The molecule has 2 aromatic carbocycles. The number of hydrogen-bond donors (Lipinski definition) is 0. The SMILES string of the molecule is CCOc1cc(C=C2N=C(c3cccc(OC)c3)OC2=O)ccc1OCc1ccc(C(=O)OC)o1. The molecule has 35 heavy (non-hydrogen) atoms. The molecule has 4 rings (SSSR count). The summed E-state index contributed by atoms with van der Waals surface area (Å²) in [6, 6.07) is 15.5. The van der Waals surface area contributed by atoms with E-state index in [1.165, 1.54) is 13.2 Å². The third-order valence-corrected chi connectivity index (χ3v) is 4.93. The molecular formula is C26H23NO8. The molecule has 0 unspecified atom stereocenters. The molecular weight excluding hydrogens is 454 g/mol. The summed E-state index contributed by atoms with van der Waals surface area (Å²) in [7, 11) is 2.84. The van der Waals surface area contributed by atoms with Crippen molar-refractivity contribution in [3.63, 3.8) is 0 Å². The molecule has 0 N–H and O–H groups in total. The smallest absolute Gasteiger partial charge is 0.373 e. The number of esters is 2. The van der Waals surface area contributed by atoms with Crippen molar-refractivity contribution in [3.05, 3.63) is 82.9 Å². The number of ether oxygens (including phenoxy) is 5. The predicted octanol–water partition coefficient (Wildman–Crippen LogP) is 4.40. The number of aliphatic imine (C=N–C) groups is 1. The van der Waals surface area contributed by atoms with Crippen molar-refractivity contribution in [2.24, 2.45) is 4.99 Å². The van der Waals surface area contributed by atoms with Crippen LogP contribution in [0, 0.1) is 0 Å². The lowest BCUT2D eigenvalue weighted by Crippen LogP contribution is -2.05. The second-order valence-corrected chi connectivity index (χ2v) is 7.25. The van der Waals surface area contributed by atoms with Crippen molar-refractivity contribution in [3.8, 4) is 17.2 Å². The van der Waals surface area contributed by atoms with Crippen LogP contribution in [0.4, 0.5) is 0 Å². The maximum atomic E-state index is 12.4. The summed E-state index contributed by atoms with van der Waals surface area (Å²) in [5.41, 5.74) is 1.47. The minimum atomic E-state index is -0.564. The molecule has 0 saturated heterocycles. The van der Waals surface area contributed by atoms with Crippen LogP contribution in [-0.2, 0) is 20.9 Å². The largest absolute Gasteiger partial charge is 0.497 e. The maximum absolute atomic E-state index is 12.4. The van der Waals surface area contributed by atoms with Crippen molar-refractivity contribution in [1.29, 1.82) is 0 Å². The van der Waals surface area contributed by atoms with Gasteiger partial charge < -0.3 is 28.1 Å². The van der Waals surface area contributed by atoms with Crippen molar-refractivity contribution in [2.45, 2.75) is 13.5 Å². The molecule has 0 bridgehead atoms. The molecule has 0 radical (unpaired) electrons. The molecule has 9 nitrogen and oxygen atoms in total. The minimum absolute atomic E-state index is 0.0814. The number of carbonyl (C=O) groups excluding carboxylic acids is 2. The minimum Gasteiger partial charge on any atom is -0.497 e. The van der Waals surface area contributed by atoms with Gasteiger partial charge in [-0.2, -0.15) is 0 Å². The van der Waals surface area contributed by atoms with Crippen molar-refractivity contribution >= 4 is 23.9 Å². The van der Waals surface area contributed by atoms with E-state index in [2.05, 4.69) is 9.73 Å². The van der Waals surface area contributed by atoms with E-state index in [0.29, 0.717) is 40.7 Å². The summed E-state index contributed by atoms with van der Waals surface area (Å²) >= 11 is 0. The standard InChI is InChI=1S/C26H23NO8/c1-4-32-23-13-16(8-10-21(23)33-15-19-9-11-22(34-19)26(29)31-3)12-20-25(28)35-24(27-20)17-6-5-7-18(14-17)30-2/h5-14H,4,15H2,1-3H3. The second kappa shape index (κ2) is 10.6. The van der Waals surface area contributed by atoms with Crippen molar-refractivity contribution in [2.75, 3.05) is 20.8 Å². The van der Waals surface area contributed by atoms with Crippen LogP contribution in [-0.4, -0.2) is 38.7 Å². The fraction of sp³-hybridized carbons (Fsp3) is 0.192. The molecule has 0 spiro atoms. The van der Waals surface area contributed by atoms with Crippen LogP contribution in [0.3, 0.4) is 0 Å². The summed E-state index contributed by atoms with van der Waals surface area (Å²) in [4.78, 5) is 28.3. The van der Waals surface area contributed by atoms with Gasteiger partial charge in [0, 0.05) is 5.56 Å². The quantitative estimate of drug-likeness (QED) is 0.330. The van der Waals surface area contributed by atoms with Gasteiger partial charge in [0.1, 0.15) is 18.1 Å². The summed E-state index contributed by atoms with van der Waals surface area (Å²) in [5.74, 6) is 1.21. The molecule has 0 amide bonds. The van der Waals surface area contributed by atoms with Gasteiger partial charge in [0.15, 0.2) is 17.2 Å². The second-order valence-electron chi connectivity index (χ2n) is 7.25. The molecule has 1 aliphatic rings. The van der Waals surface area contributed by atoms with Crippen LogP contribution < -0.4 is 14.2 Å². The first-order valence-corrected chi connectivity index (χ1v) is 10.7. The lowest BCUT2D eigenvalue weighted by molar-refractivity contribution is -0.129. The molecule has 180 valence electrons. The predicted molar refractivity (Wildman–Crippen MR) is 126 cm³/mol. The highest BCUT2D eigenvalue weighted by molar-refractivity contribution is 6.13. The first kappa shape index (κ1) is 23.6. The first-order valence-electron chi connectivity index (χ1n) is 10.7. The number of hydrogen-bond acceptors (Lipinski definition) is 9. The lowest BCUT2D eigenvalue weighted by atomic mass is 10.1. The highest BCUT2D eigenvalue weighted by atomic mass is 16.6. The Hall–Kier alpha value is -4.53. The Morgan fingerprint density at radius 3 is 2.66 bits per heavy atom. The van der Waals surface area contributed by atoms with Gasteiger partial charge in [0.25, 0.3) is 0 Å². The van der Waals surface area contributed by atoms with E-state index in [1.807, 2.05) is 6.92 Å². The van der Waals surface area contributed by atoms with Crippen LogP contribution in [0.5, 0.6) is 17.2 Å². The number of benzene rings is 2. The molecule has 2 heterocycles. The average Bonchev–Trinajstić information content (AvgIpc) is 3.50. The zero-order valence-electron chi connectivity index (χ0n) is 19.4. The third-order valence-electron chi connectivity index (χ3n) is 4.93. The number of carbonyl (C=O) groups is 2. The van der Waals surface area contributed by atoms with Gasteiger partial charge >= 0.3 is 11.9 Å². The average molecular weight is 477 g/mol. The highest BCUT2D eigenvalue weighted by Crippen LogP contribution is 2.31. The summed E-state index contributed by atoms with van der Waals surface area (Å²) < 4.78 is 32.1. The number of cyclic esters (lactones) is 1. The molecule has 0 atom stereocenters. The van der Waals surface area contributed by atoms with Crippen LogP contribution in [0.1, 0.15) is 34.4 Å². The Morgan fingerprint density at radius 2 is 1.89 bits per heavy atom. The molecule has 1 aliphatic heterocycles. The van der Waals surface area contributed by atoms with Gasteiger partial charge in [-0.3, -0.25) is 0 Å². The van der Waals surface area contributed by atoms with Crippen molar-refractivity contribution in [1.82, 2.24) is 0 Å². The number of rotatable bonds is 9. The number of furan rings is 1. The van der Waals surface area contributed by atoms with Gasteiger partial charge in [0.05, 0.1) is 20.8 Å². The van der Waals surface area contributed by atoms with Crippen LogP contribution in [0.15, 0.2) is 69.7 Å². The highest BCUT2D eigenvalue weighted by Gasteiger charge is 2.24. The van der Waals surface area contributed by atoms with E-state index in [-0.39, 0.29) is 24.0 Å². The van der Waals surface area contributed by atoms with Crippen LogP contribution in [0.2, 0.25) is 0 Å². The van der Waals surface area contributed by atoms with Gasteiger partial charge in [0.2, 0.25) is 11.7 Å². The Kier molecular flexibility index (Phi) is 7.15. The van der Waals surface area contributed by atoms with Gasteiger partial charge in [-0.25, -0.2) is 14.6 Å². The summed E-state index contributed by atoms with van der Waals surface area (Å²) in [6.07, 6.45) is 1.61. The monoisotopic (exact) mass is 477 g/mol. The maximum Gasteiger partial charge on any atom is 0.373 e. The Morgan fingerprint density at radius 1 is 1.03 bits per heavy atom. The summed E-state index contributed by atoms with van der Waals surface area (Å²) in [6.45, 7) is 2.34. The van der Waals surface area contributed by atoms with E-state index in [1.54, 1.807) is 61.7 Å². The number of nitrogens with zero attached hydrogens (tertiary/aromatic N) is 1. The van der Waals surface area contributed by atoms with Crippen molar-refractivity contribution < 1.29 is 37.7 Å². The molecule has 3 aromatic rings. The molecule has 9 heteroatoms. The van der Waals surface area contributed by atoms with Crippen LogP contribution in [0.25, 0.3) is 6.08 Å². The number of methoxy groups -OCH3 is 2. The van der Waals surface area contributed by atoms with Gasteiger partial charge in [-0.1, -0.05) is 12.1 Å². The third kappa shape index (κ3) is 5.52. The zero-order chi connectivity index (χ0) is 24.8. The van der Waals surface area contributed by atoms with E-state index >= 15 is 0 Å². The Bertz CT molecular complexity index is 1300. The molecule has 0 aliphatic carbocycles. The van der Waals surface area contributed by atoms with E-state index < -0.39 is 11.9 Å². The first-order chi connectivity index (χ1) is 17.0. The van der Waals surface area contributed by atoms with E-state index in [4.69, 9.17) is 23.4 Å². The van der Waals surface area contributed by atoms with Gasteiger partial charge in [-0.15, -0.1) is 0 Å². The molecule has 0 fully saturated rings. The lowest BCUT2D eigenvalue weighted by Gasteiger charge is -2.12. The Balaban J connectivity index is 1.52. The molecule has 1 aromatic heterocycles. The normalized spacial score (nSPS) is 13.9. The fourth-order valence-corrected chi connectivity index (χ4v) is 3.26. The van der Waals surface area contributed by atoms with E-state index in [9.17, 15) is 9.59 Å². The molecule has 0 saturated carbocycles. The van der Waals surface area contributed by atoms with Gasteiger partial charge in [-0.05, 0) is 61.0 Å². The summed E-state index contributed by atoms with van der Waals surface area (Å²) in [5, 5.41) is 0. The zero-order valence-corrected chi connectivity index (χ0v) is 19.4.